The highest BCUT2D eigenvalue weighted by Gasteiger charge is 2.15. The van der Waals surface area contributed by atoms with E-state index in [1.165, 1.54) is 23.5 Å². The Kier molecular flexibility index (Phi) is 9.67. The molecule has 0 spiro atoms. The van der Waals surface area contributed by atoms with Gasteiger partial charge in [0.25, 0.3) is 5.91 Å². The summed E-state index contributed by atoms with van der Waals surface area (Å²) >= 11 is 6.67. The Morgan fingerprint density at radius 3 is 2.51 bits per heavy atom. The van der Waals surface area contributed by atoms with E-state index in [4.69, 9.17) is 21.7 Å². The monoisotopic (exact) mass is 614 g/mol. The molecule has 0 fully saturated rings. The number of hydrogen-bond donors (Lipinski definition) is 3. The molecule has 3 aromatic carbocycles. The normalized spacial score (nSPS) is 10.7. The molecule has 2 heterocycles. The number of carbonyl (C=O) groups excluding carboxylic acids is 2. The molecule has 2 aromatic heterocycles. The summed E-state index contributed by atoms with van der Waals surface area (Å²) in [5.74, 6) is -0.574. The van der Waals surface area contributed by atoms with E-state index in [2.05, 4.69) is 20.9 Å². The molecule has 8 nitrogen and oxygen atoms in total. The van der Waals surface area contributed by atoms with E-state index in [9.17, 15) is 9.59 Å². The van der Waals surface area contributed by atoms with E-state index in [0.29, 0.717) is 35.7 Å². The number of fused-ring (bicyclic) bond motifs is 1. The van der Waals surface area contributed by atoms with Crippen molar-refractivity contribution in [3.05, 3.63) is 108 Å². The first-order valence-electron chi connectivity index (χ1n) is 13.3. The van der Waals surface area contributed by atoms with Gasteiger partial charge in [0.15, 0.2) is 16.7 Å². The van der Waals surface area contributed by atoms with Crippen LogP contribution in [0.25, 0.3) is 20.7 Å². The fourth-order valence-electron chi connectivity index (χ4n) is 4.19. The Labute approximate surface area is 256 Å². The number of hydrogen-bond acceptors (Lipinski definition) is 7. The molecule has 2 amide bonds. The number of halogens is 1. The average Bonchev–Trinajstić information content (AvgIpc) is 3.44. The highest BCUT2D eigenvalue weighted by atomic mass is 32.1. The third-order valence-electron chi connectivity index (χ3n) is 6.27. The third kappa shape index (κ3) is 7.77. The van der Waals surface area contributed by atoms with Crippen LogP contribution >= 0.6 is 23.6 Å². The predicted octanol–water partition coefficient (Wildman–Crippen LogP) is 6.33. The summed E-state index contributed by atoms with van der Waals surface area (Å²) < 4.78 is 26.7. The van der Waals surface area contributed by atoms with Crippen LogP contribution in [0.2, 0.25) is 0 Å². The molecule has 0 saturated carbocycles. The van der Waals surface area contributed by atoms with E-state index < -0.39 is 5.82 Å². The molecule has 5 rings (SSSR count). The molecule has 0 unspecified atom stereocenters. The number of thiophene rings is 1. The Morgan fingerprint density at radius 1 is 0.977 bits per heavy atom. The van der Waals surface area contributed by atoms with Gasteiger partial charge in [-0.05, 0) is 53.7 Å². The molecule has 5 aromatic rings. The minimum atomic E-state index is -0.607. The number of thiocarbonyl (C=S) groups is 1. The van der Waals surface area contributed by atoms with Crippen LogP contribution in [-0.4, -0.2) is 42.2 Å². The highest BCUT2D eigenvalue weighted by Crippen LogP contribution is 2.39. The molecule has 11 heteroatoms. The van der Waals surface area contributed by atoms with Crippen molar-refractivity contribution in [2.45, 2.75) is 6.42 Å². The zero-order chi connectivity index (χ0) is 30.2. The van der Waals surface area contributed by atoms with Crippen molar-refractivity contribution in [1.82, 2.24) is 15.6 Å². The number of pyridine rings is 1. The van der Waals surface area contributed by atoms with Gasteiger partial charge in [-0.25, -0.2) is 4.39 Å². The SMILES string of the molecule is COCCNC(=O)c1ccc(-c2cc3nccc(Oc4ccc(NC(=S)NC(=O)Cc5ccccc5)cc4F)c3s2)cc1. The van der Waals surface area contributed by atoms with Crippen LogP contribution in [0.5, 0.6) is 11.5 Å². The van der Waals surface area contributed by atoms with Crippen LogP contribution in [0.3, 0.4) is 0 Å². The predicted molar refractivity (Wildman–Crippen MR) is 170 cm³/mol. The summed E-state index contributed by atoms with van der Waals surface area (Å²) in [4.78, 5) is 29.9. The number of carbonyl (C=O) groups is 2. The molecular weight excluding hydrogens is 588 g/mol. The summed E-state index contributed by atoms with van der Waals surface area (Å²) in [5.41, 5.74) is 3.38. The Balaban J connectivity index is 1.24. The molecule has 3 N–H and O–H groups in total. The molecule has 0 aliphatic carbocycles. The third-order valence-corrected chi connectivity index (χ3v) is 7.66. The van der Waals surface area contributed by atoms with Crippen LogP contribution in [-0.2, 0) is 16.0 Å². The summed E-state index contributed by atoms with van der Waals surface area (Å²) in [6, 6.07) is 24.5. The van der Waals surface area contributed by atoms with E-state index in [1.807, 2.05) is 48.5 Å². The summed E-state index contributed by atoms with van der Waals surface area (Å²) in [7, 11) is 1.58. The Morgan fingerprint density at radius 2 is 1.77 bits per heavy atom. The molecule has 43 heavy (non-hydrogen) atoms. The molecule has 218 valence electrons. The summed E-state index contributed by atoms with van der Waals surface area (Å²) in [6.45, 7) is 0.875. The van der Waals surface area contributed by atoms with Gasteiger partial charge in [0.05, 0.1) is 23.2 Å². The highest BCUT2D eigenvalue weighted by molar-refractivity contribution is 7.80. The lowest BCUT2D eigenvalue weighted by Crippen LogP contribution is -2.35. The second-order valence-electron chi connectivity index (χ2n) is 9.37. The van der Waals surface area contributed by atoms with Gasteiger partial charge in [-0.3, -0.25) is 14.6 Å². The van der Waals surface area contributed by atoms with E-state index in [1.54, 1.807) is 37.6 Å². The fourth-order valence-corrected chi connectivity index (χ4v) is 5.49. The average molecular weight is 615 g/mol. The second-order valence-corrected chi connectivity index (χ2v) is 10.8. The first-order valence-corrected chi connectivity index (χ1v) is 14.5. The van der Waals surface area contributed by atoms with Crippen molar-refractivity contribution in [1.29, 1.82) is 0 Å². The standard InChI is InChI=1S/C32H27FN4O4S2/c1-40-16-15-35-31(39)22-9-7-21(8-10-22)28-19-25-30(43-28)27(13-14-34-25)41-26-12-11-23(18-24(26)33)36-32(42)37-29(38)17-20-5-3-2-4-6-20/h2-14,18-19H,15-17H2,1H3,(H,35,39)(H2,36,37,38,42). The van der Waals surface area contributed by atoms with Gasteiger partial charge in [-0.2, -0.15) is 0 Å². The maximum Gasteiger partial charge on any atom is 0.251 e. The smallest absolute Gasteiger partial charge is 0.251 e. The number of nitrogens with zero attached hydrogens (tertiary/aromatic N) is 1. The number of rotatable bonds is 10. The van der Waals surface area contributed by atoms with Crippen molar-refractivity contribution < 1.29 is 23.5 Å². The quantitative estimate of drug-likeness (QED) is 0.125. The van der Waals surface area contributed by atoms with Crippen LogP contribution in [0, 0.1) is 5.82 Å². The number of ether oxygens (including phenoxy) is 2. The van der Waals surface area contributed by atoms with Crippen molar-refractivity contribution in [3.63, 3.8) is 0 Å². The fraction of sp³-hybridized carbons (Fsp3) is 0.125. The zero-order valence-electron chi connectivity index (χ0n) is 23.1. The second kappa shape index (κ2) is 14.0. The van der Waals surface area contributed by atoms with E-state index in [0.717, 1.165) is 20.7 Å². The van der Waals surface area contributed by atoms with Crippen molar-refractivity contribution >= 4 is 56.4 Å². The molecule has 0 radical (unpaired) electrons. The zero-order valence-corrected chi connectivity index (χ0v) is 24.7. The van der Waals surface area contributed by atoms with E-state index in [-0.39, 0.29) is 29.1 Å². The number of anilines is 1. The molecule has 0 bridgehead atoms. The van der Waals surface area contributed by atoms with Crippen LogP contribution in [0.1, 0.15) is 15.9 Å². The maximum absolute atomic E-state index is 15.1. The van der Waals surface area contributed by atoms with Crippen LogP contribution in [0.15, 0.2) is 91.1 Å². The number of aromatic nitrogens is 1. The molecule has 0 aliphatic rings. The van der Waals surface area contributed by atoms with Crippen molar-refractivity contribution in [2.75, 3.05) is 25.6 Å². The van der Waals surface area contributed by atoms with Gasteiger partial charge >= 0.3 is 0 Å². The van der Waals surface area contributed by atoms with E-state index >= 15 is 4.39 Å². The van der Waals surface area contributed by atoms with Gasteiger partial charge in [0.2, 0.25) is 5.91 Å². The lowest BCUT2D eigenvalue weighted by atomic mass is 10.1. The molecule has 0 saturated heterocycles. The Hall–Kier alpha value is -4.71. The number of methoxy groups -OCH3 is 1. The van der Waals surface area contributed by atoms with Crippen molar-refractivity contribution in [2.24, 2.45) is 0 Å². The van der Waals surface area contributed by atoms with Gasteiger partial charge in [-0.15, -0.1) is 11.3 Å². The van der Waals surface area contributed by atoms with Crippen LogP contribution < -0.4 is 20.7 Å². The Bertz CT molecular complexity index is 1760. The first-order chi connectivity index (χ1) is 20.9. The number of nitrogens with one attached hydrogen (secondary N) is 3. The topological polar surface area (TPSA) is 102 Å². The molecule has 0 aliphatic heterocycles. The van der Waals surface area contributed by atoms with Crippen LogP contribution in [0.4, 0.5) is 10.1 Å². The van der Waals surface area contributed by atoms with Gasteiger partial charge in [0.1, 0.15) is 5.75 Å². The molecular formula is C32H27FN4O4S2. The minimum absolute atomic E-state index is 0.0240. The summed E-state index contributed by atoms with van der Waals surface area (Å²) in [5, 5.41) is 8.30. The van der Waals surface area contributed by atoms with Gasteiger partial charge < -0.3 is 25.4 Å². The summed E-state index contributed by atoms with van der Waals surface area (Å²) in [6.07, 6.45) is 1.78. The largest absolute Gasteiger partial charge is 0.453 e. The first kappa shape index (κ1) is 29.8. The number of amides is 2. The molecule has 0 atom stereocenters. The van der Waals surface area contributed by atoms with Crippen molar-refractivity contribution in [3.8, 4) is 21.9 Å². The maximum atomic E-state index is 15.1. The lowest BCUT2D eigenvalue weighted by Gasteiger charge is -2.12. The van der Waals surface area contributed by atoms with Gasteiger partial charge in [0, 0.05) is 48.1 Å². The number of benzene rings is 3. The van der Waals surface area contributed by atoms with Gasteiger partial charge in [-0.1, -0.05) is 42.5 Å². The minimum Gasteiger partial charge on any atom is -0.453 e. The lowest BCUT2D eigenvalue weighted by molar-refractivity contribution is -0.119.